The van der Waals surface area contributed by atoms with E-state index >= 15 is 0 Å². The number of sulfonamides is 1. The third-order valence-electron chi connectivity index (χ3n) is 6.75. The van der Waals surface area contributed by atoms with Gasteiger partial charge in [0.15, 0.2) is 0 Å². The molecule has 0 spiro atoms. The van der Waals surface area contributed by atoms with Gasteiger partial charge in [0.25, 0.3) is 0 Å². The molecule has 0 heterocycles. The van der Waals surface area contributed by atoms with Gasteiger partial charge in [-0.2, -0.15) is 0 Å². The molecule has 0 aromatic heterocycles. The molecular formula is C31H37BrClN3O4S. The van der Waals surface area contributed by atoms with Gasteiger partial charge in [0.05, 0.1) is 11.9 Å². The summed E-state index contributed by atoms with van der Waals surface area (Å²) in [5, 5.41) is 3.44. The van der Waals surface area contributed by atoms with Crippen LogP contribution in [0.2, 0.25) is 5.02 Å². The molecule has 3 rings (SSSR count). The van der Waals surface area contributed by atoms with E-state index < -0.39 is 16.1 Å². The summed E-state index contributed by atoms with van der Waals surface area (Å²) in [6, 6.07) is 21.6. The minimum absolute atomic E-state index is 0.0640. The van der Waals surface area contributed by atoms with Crippen LogP contribution in [0, 0.1) is 6.92 Å². The Bertz CT molecular complexity index is 1420. The van der Waals surface area contributed by atoms with Crippen LogP contribution in [0.4, 0.5) is 5.69 Å². The second-order valence-corrected chi connectivity index (χ2v) is 13.2. The van der Waals surface area contributed by atoms with Gasteiger partial charge >= 0.3 is 0 Å². The van der Waals surface area contributed by atoms with Gasteiger partial charge < -0.3 is 10.2 Å². The Labute approximate surface area is 257 Å². The Balaban J connectivity index is 1.88. The van der Waals surface area contributed by atoms with Crippen LogP contribution in [0.15, 0.2) is 77.3 Å². The molecule has 0 aliphatic carbocycles. The lowest BCUT2D eigenvalue weighted by Gasteiger charge is -2.32. The Morgan fingerprint density at radius 2 is 1.66 bits per heavy atom. The molecule has 0 aliphatic heterocycles. The van der Waals surface area contributed by atoms with Crippen LogP contribution in [-0.2, 0) is 32.6 Å². The standard InChI is InChI=1S/C31H37BrClN3O4S/c1-4-19-34-31(38)29(21-24-10-6-5-7-11-24)35(22-25-15-17-26(32)18-16-25)30(37)14-9-20-36(41(3,39)40)28-13-8-12-27(33)23(28)2/h5-8,10-13,15-18,29H,4,9,14,19-22H2,1-3H3,(H,34,38)/t29-/m0/s1. The molecule has 3 aromatic carbocycles. The van der Waals surface area contributed by atoms with Gasteiger partial charge in [-0.05, 0) is 60.7 Å². The highest BCUT2D eigenvalue weighted by atomic mass is 79.9. The van der Waals surface area contributed by atoms with Crippen LogP contribution in [0.25, 0.3) is 0 Å². The Kier molecular flexibility index (Phi) is 12.2. The maximum Gasteiger partial charge on any atom is 0.243 e. The lowest BCUT2D eigenvalue weighted by atomic mass is 10.0. The molecule has 3 aromatic rings. The number of carbonyl (C=O) groups excluding carboxylic acids is 2. The summed E-state index contributed by atoms with van der Waals surface area (Å²) in [7, 11) is -3.63. The number of halogens is 2. The monoisotopic (exact) mass is 661 g/mol. The minimum atomic E-state index is -3.63. The predicted octanol–water partition coefficient (Wildman–Crippen LogP) is 6.12. The van der Waals surface area contributed by atoms with Crippen molar-refractivity contribution >= 4 is 55.1 Å². The fourth-order valence-electron chi connectivity index (χ4n) is 4.56. The van der Waals surface area contributed by atoms with Crippen LogP contribution in [0.5, 0.6) is 0 Å². The number of hydrogen-bond donors (Lipinski definition) is 1. The largest absolute Gasteiger partial charge is 0.354 e. The summed E-state index contributed by atoms with van der Waals surface area (Å²) < 4.78 is 27.6. The van der Waals surface area contributed by atoms with E-state index in [2.05, 4.69) is 21.2 Å². The van der Waals surface area contributed by atoms with Gasteiger partial charge in [0, 0.05) is 42.0 Å². The Hall–Kier alpha value is -2.88. The summed E-state index contributed by atoms with van der Waals surface area (Å²) in [4.78, 5) is 28.9. The summed E-state index contributed by atoms with van der Waals surface area (Å²) in [6.45, 7) is 4.60. The fraction of sp³-hybridized carbons (Fsp3) is 0.355. The molecular weight excluding hydrogens is 626 g/mol. The molecule has 220 valence electrons. The number of nitrogens with one attached hydrogen (secondary N) is 1. The van der Waals surface area contributed by atoms with E-state index in [0.29, 0.717) is 29.2 Å². The van der Waals surface area contributed by atoms with E-state index in [1.54, 1.807) is 30.0 Å². The van der Waals surface area contributed by atoms with Crippen molar-refractivity contribution in [3.8, 4) is 0 Å². The Morgan fingerprint density at radius 3 is 2.29 bits per heavy atom. The van der Waals surface area contributed by atoms with Gasteiger partial charge in [-0.1, -0.05) is 83.0 Å². The third kappa shape index (κ3) is 9.58. The van der Waals surface area contributed by atoms with Crippen molar-refractivity contribution in [3.63, 3.8) is 0 Å². The number of amides is 2. The highest BCUT2D eigenvalue weighted by molar-refractivity contribution is 9.10. The molecule has 0 fully saturated rings. The highest BCUT2D eigenvalue weighted by Gasteiger charge is 2.30. The summed E-state index contributed by atoms with van der Waals surface area (Å²) >= 11 is 9.72. The number of nitrogens with zero attached hydrogens (tertiary/aromatic N) is 2. The van der Waals surface area contributed by atoms with Gasteiger partial charge in [0.1, 0.15) is 6.04 Å². The smallest absolute Gasteiger partial charge is 0.243 e. The van der Waals surface area contributed by atoms with Crippen LogP contribution >= 0.6 is 27.5 Å². The van der Waals surface area contributed by atoms with E-state index in [4.69, 9.17) is 11.6 Å². The molecule has 0 unspecified atom stereocenters. The number of anilines is 1. The first-order valence-electron chi connectivity index (χ1n) is 13.6. The van der Waals surface area contributed by atoms with Gasteiger partial charge in [-0.15, -0.1) is 0 Å². The van der Waals surface area contributed by atoms with Gasteiger partial charge in [-0.25, -0.2) is 8.42 Å². The molecule has 1 atom stereocenters. The normalized spacial score (nSPS) is 12.0. The van der Waals surface area contributed by atoms with Crippen molar-refractivity contribution < 1.29 is 18.0 Å². The lowest BCUT2D eigenvalue weighted by molar-refractivity contribution is -0.141. The number of rotatable bonds is 14. The molecule has 10 heteroatoms. The second-order valence-electron chi connectivity index (χ2n) is 9.97. The van der Waals surface area contributed by atoms with Gasteiger partial charge in [-0.3, -0.25) is 13.9 Å². The SMILES string of the molecule is CCCNC(=O)[C@H](Cc1ccccc1)N(Cc1ccc(Br)cc1)C(=O)CCCN(c1cccc(Cl)c1C)S(C)(=O)=O. The van der Waals surface area contributed by atoms with Crippen molar-refractivity contribution in [2.24, 2.45) is 0 Å². The van der Waals surface area contributed by atoms with Crippen molar-refractivity contribution in [3.05, 3.63) is 99.0 Å². The highest BCUT2D eigenvalue weighted by Crippen LogP contribution is 2.28. The molecule has 0 bridgehead atoms. The Morgan fingerprint density at radius 1 is 0.976 bits per heavy atom. The maximum absolute atomic E-state index is 13.9. The third-order valence-corrected chi connectivity index (χ3v) is 8.86. The molecule has 1 N–H and O–H groups in total. The number of hydrogen-bond acceptors (Lipinski definition) is 4. The maximum atomic E-state index is 13.9. The first-order chi connectivity index (χ1) is 19.5. The first kappa shape index (κ1) is 32.6. The fourth-order valence-corrected chi connectivity index (χ4v) is 6.00. The van der Waals surface area contributed by atoms with Crippen LogP contribution in [0.1, 0.15) is 42.9 Å². The summed E-state index contributed by atoms with van der Waals surface area (Å²) in [5.74, 6) is -0.440. The van der Waals surface area contributed by atoms with E-state index in [1.807, 2.05) is 61.5 Å². The summed E-state index contributed by atoms with van der Waals surface area (Å²) in [6.07, 6.45) is 2.60. The molecule has 0 saturated heterocycles. The van der Waals surface area contributed by atoms with Crippen molar-refractivity contribution in [1.29, 1.82) is 0 Å². The van der Waals surface area contributed by atoms with E-state index in [-0.39, 0.29) is 37.7 Å². The number of benzene rings is 3. The molecule has 2 amide bonds. The zero-order valence-corrected chi connectivity index (χ0v) is 26.8. The van der Waals surface area contributed by atoms with E-state index in [9.17, 15) is 18.0 Å². The zero-order chi connectivity index (χ0) is 30.0. The molecule has 0 aliphatic rings. The zero-order valence-electron chi connectivity index (χ0n) is 23.6. The lowest BCUT2D eigenvalue weighted by Crippen LogP contribution is -2.50. The van der Waals surface area contributed by atoms with Gasteiger partial charge in [0.2, 0.25) is 21.8 Å². The molecule has 0 saturated carbocycles. The van der Waals surface area contributed by atoms with E-state index in [0.717, 1.165) is 28.3 Å². The molecule has 0 radical (unpaired) electrons. The first-order valence-corrected chi connectivity index (χ1v) is 16.6. The van der Waals surface area contributed by atoms with Crippen LogP contribution in [-0.4, -0.2) is 50.5 Å². The van der Waals surface area contributed by atoms with E-state index in [1.165, 1.54) is 4.31 Å². The molecule has 7 nitrogen and oxygen atoms in total. The average molecular weight is 663 g/mol. The van der Waals surface area contributed by atoms with Crippen LogP contribution in [0.3, 0.4) is 0 Å². The topological polar surface area (TPSA) is 86.8 Å². The average Bonchev–Trinajstić information content (AvgIpc) is 2.94. The molecule has 41 heavy (non-hydrogen) atoms. The van der Waals surface area contributed by atoms with Crippen molar-refractivity contribution in [1.82, 2.24) is 10.2 Å². The summed E-state index contributed by atoms with van der Waals surface area (Å²) in [5.41, 5.74) is 2.96. The quantitative estimate of drug-likeness (QED) is 0.225. The van der Waals surface area contributed by atoms with Crippen molar-refractivity contribution in [2.75, 3.05) is 23.7 Å². The number of carbonyl (C=O) groups is 2. The van der Waals surface area contributed by atoms with Crippen LogP contribution < -0.4 is 9.62 Å². The van der Waals surface area contributed by atoms with Crippen molar-refractivity contribution in [2.45, 2.75) is 52.1 Å². The second kappa shape index (κ2) is 15.4. The minimum Gasteiger partial charge on any atom is -0.354 e. The predicted molar refractivity (Wildman–Crippen MR) is 170 cm³/mol.